The van der Waals surface area contributed by atoms with E-state index in [1.165, 1.54) is 12.3 Å². The number of hydrogen-bond acceptors (Lipinski definition) is 5. The topological polar surface area (TPSA) is 71.3 Å². The maximum absolute atomic E-state index is 14.0. The molecule has 1 unspecified atom stereocenters. The molecule has 3 heterocycles. The Morgan fingerprint density at radius 3 is 2.64 bits per heavy atom. The molecule has 0 saturated carbocycles. The standard InChI is InChI=1S/C23H18F4N4O2/c24-13-5-12-6-20(33-22(12)17(27)7-13)23(32)31-4-2-1-3-14(31)10-29-21-11-28-18-8-15(25)16(26)9-19(18)30-21/h5-9,11,14H,1-4,10H2,(H,29,30). The van der Waals surface area contributed by atoms with Crippen LogP contribution in [0.2, 0.25) is 0 Å². The van der Waals surface area contributed by atoms with Crippen LogP contribution in [0, 0.1) is 23.3 Å². The number of carbonyl (C=O) groups is 1. The van der Waals surface area contributed by atoms with Crippen molar-refractivity contribution < 1.29 is 26.8 Å². The SMILES string of the molecule is O=C(c1cc2cc(F)cc(F)c2o1)N1CCCCC1CNc1cnc2cc(F)c(F)cc2n1. The molecule has 0 radical (unpaired) electrons. The Kier molecular flexibility index (Phi) is 5.35. The zero-order chi connectivity index (χ0) is 23.1. The van der Waals surface area contributed by atoms with E-state index in [0.29, 0.717) is 31.4 Å². The maximum Gasteiger partial charge on any atom is 0.289 e. The van der Waals surface area contributed by atoms with Crippen LogP contribution < -0.4 is 5.32 Å². The molecule has 0 aliphatic carbocycles. The molecule has 0 spiro atoms. The third kappa shape index (κ3) is 4.08. The number of hydrogen-bond donors (Lipinski definition) is 1. The molecule has 1 aliphatic rings. The lowest BCUT2D eigenvalue weighted by Gasteiger charge is -2.35. The third-order valence-corrected chi connectivity index (χ3v) is 5.74. The zero-order valence-electron chi connectivity index (χ0n) is 17.2. The molecule has 4 aromatic rings. The number of piperidine rings is 1. The van der Waals surface area contributed by atoms with Crippen LogP contribution in [0.5, 0.6) is 0 Å². The van der Waals surface area contributed by atoms with Crippen LogP contribution in [0.25, 0.3) is 22.0 Å². The molecule has 6 nitrogen and oxygen atoms in total. The Labute approximate surface area is 185 Å². The Morgan fingerprint density at radius 1 is 1.03 bits per heavy atom. The molecule has 2 aromatic heterocycles. The highest BCUT2D eigenvalue weighted by Crippen LogP contribution is 2.27. The summed E-state index contributed by atoms with van der Waals surface area (Å²) in [6.45, 7) is 0.811. The summed E-state index contributed by atoms with van der Waals surface area (Å²) >= 11 is 0. The lowest BCUT2D eigenvalue weighted by Crippen LogP contribution is -2.47. The largest absolute Gasteiger partial charge is 0.448 e. The van der Waals surface area contributed by atoms with E-state index < -0.39 is 29.2 Å². The average Bonchev–Trinajstić information content (AvgIpc) is 3.23. The number of nitrogens with zero attached hydrogens (tertiary/aromatic N) is 3. The van der Waals surface area contributed by atoms with Gasteiger partial charge in [0.05, 0.1) is 17.2 Å². The summed E-state index contributed by atoms with van der Waals surface area (Å²) in [5, 5.41) is 3.27. The van der Waals surface area contributed by atoms with Crippen LogP contribution in [-0.2, 0) is 0 Å². The van der Waals surface area contributed by atoms with E-state index in [1.54, 1.807) is 4.90 Å². The summed E-state index contributed by atoms with van der Waals surface area (Å²) in [6, 6.07) is 4.89. The number of likely N-dealkylation sites (tertiary alicyclic amines) is 1. The molecule has 2 aromatic carbocycles. The molecule has 10 heteroatoms. The predicted molar refractivity (Wildman–Crippen MR) is 113 cm³/mol. The second-order valence-electron chi connectivity index (χ2n) is 7.96. The number of benzene rings is 2. The van der Waals surface area contributed by atoms with E-state index in [0.717, 1.165) is 31.0 Å². The molecule has 1 N–H and O–H groups in total. The van der Waals surface area contributed by atoms with E-state index in [4.69, 9.17) is 4.42 Å². The number of rotatable bonds is 4. The van der Waals surface area contributed by atoms with Crippen LogP contribution in [0.1, 0.15) is 29.8 Å². The summed E-state index contributed by atoms with van der Waals surface area (Å²) in [7, 11) is 0. The monoisotopic (exact) mass is 458 g/mol. The normalized spacial score (nSPS) is 16.5. The molecular formula is C23H18F4N4O2. The van der Waals surface area contributed by atoms with Crippen molar-refractivity contribution in [3.05, 3.63) is 65.6 Å². The minimum absolute atomic E-state index is 0.0654. The predicted octanol–water partition coefficient (Wildman–Crippen LogP) is 5.04. The number of anilines is 1. The fourth-order valence-electron chi connectivity index (χ4n) is 4.12. The minimum atomic E-state index is -1.01. The van der Waals surface area contributed by atoms with Gasteiger partial charge in [-0.1, -0.05) is 0 Å². The second kappa shape index (κ2) is 8.34. The number of aromatic nitrogens is 2. The van der Waals surface area contributed by atoms with Gasteiger partial charge in [-0.05, 0) is 31.4 Å². The molecule has 5 rings (SSSR count). The summed E-state index contributed by atoms with van der Waals surface area (Å²) in [5.74, 6) is -3.76. The maximum atomic E-state index is 14.0. The van der Waals surface area contributed by atoms with E-state index in [-0.39, 0.29) is 33.8 Å². The first-order chi connectivity index (χ1) is 15.9. The fraction of sp³-hybridized carbons (Fsp3) is 0.261. The summed E-state index contributed by atoms with van der Waals surface area (Å²) in [6.07, 6.45) is 3.82. The van der Waals surface area contributed by atoms with Crippen LogP contribution in [0.15, 0.2) is 40.9 Å². The molecule has 1 saturated heterocycles. The van der Waals surface area contributed by atoms with Gasteiger partial charge in [-0.3, -0.25) is 9.78 Å². The fourth-order valence-corrected chi connectivity index (χ4v) is 4.12. The first kappa shape index (κ1) is 21.2. The van der Waals surface area contributed by atoms with Gasteiger partial charge in [0.25, 0.3) is 5.91 Å². The van der Waals surface area contributed by atoms with Crippen molar-refractivity contribution in [2.75, 3.05) is 18.4 Å². The van der Waals surface area contributed by atoms with Gasteiger partial charge >= 0.3 is 0 Å². The molecule has 1 fully saturated rings. The van der Waals surface area contributed by atoms with Crippen LogP contribution >= 0.6 is 0 Å². The third-order valence-electron chi connectivity index (χ3n) is 5.74. The van der Waals surface area contributed by atoms with Crippen molar-refractivity contribution in [1.29, 1.82) is 0 Å². The van der Waals surface area contributed by atoms with Crippen molar-refractivity contribution in [3.63, 3.8) is 0 Å². The molecule has 1 aliphatic heterocycles. The van der Waals surface area contributed by atoms with E-state index in [1.807, 2.05) is 0 Å². The smallest absolute Gasteiger partial charge is 0.289 e. The Balaban J connectivity index is 1.35. The van der Waals surface area contributed by atoms with Gasteiger partial charge in [0.15, 0.2) is 28.8 Å². The summed E-state index contributed by atoms with van der Waals surface area (Å²) in [5.41, 5.74) is 0.260. The van der Waals surface area contributed by atoms with Crippen molar-refractivity contribution in [2.45, 2.75) is 25.3 Å². The van der Waals surface area contributed by atoms with E-state index >= 15 is 0 Å². The van der Waals surface area contributed by atoms with Gasteiger partial charge in [0, 0.05) is 42.7 Å². The van der Waals surface area contributed by atoms with Crippen molar-refractivity contribution >= 4 is 33.7 Å². The number of furan rings is 1. The Morgan fingerprint density at radius 2 is 1.82 bits per heavy atom. The van der Waals surface area contributed by atoms with Crippen molar-refractivity contribution in [2.24, 2.45) is 0 Å². The second-order valence-corrected chi connectivity index (χ2v) is 7.96. The molecule has 1 amide bonds. The van der Waals surface area contributed by atoms with Crippen LogP contribution in [0.3, 0.4) is 0 Å². The number of halogens is 4. The number of fused-ring (bicyclic) bond motifs is 2. The van der Waals surface area contributed by atoms with Gasteiger partial charge in [-0.2, -0.15) is 0 Å². The van der Waals surface area contributed by atoms with Crippen LogP contribution in [0.4, 0.5) is 23.4 Å². The zero-order valence-corrected chi connectivity index (χ0v) is 17.2. The average molecular weight is 458 g/mol. The molecule has 170 valence electrons. The summed E-state index contributed by atoms with van der Waals surface area (Å²) < 4.78 is 59.8. The number of carbonyl (C=O) groups excluding carboxylic acids is 1. The Hall–Kier alpha value is -3.69. The highest BCUT2D eigenvalue weighted by Gasteiger charge is 2.30. The van der Waals surface area contributed by atoms with Gasteiger partial charge in [-0.15, -0.1) is 0 Å². The first-order valence-electron chi connectivity index (χ1n) is 10.4. The lowest BCUT2D eigenvalue weighted by atomic mass is 10.0. The van der Waals surface area contributed by atoms with Gasteiger partial charge in [0.2, 0.25) is 0 Å². The van der Waals surface area contributed by atoms with Crippen molar-refractivity contribution in [3.8, 4) is 0 Å². The lowest BCUT2D eigenvalue weighted by molar-refractivity contribution is 0.0598. The molecule has 33 heavy (non-hydrogen) atoms. The highest BCUT2D eigenvalue weighted by molar-refractivity contribution is 5.96. The van der Waals surface area contributed by atoms with Gasteiger partial charge < -0.3 is 14.6 Å². The highest BCUT2D eigenvalue weighted by atomic mass is 19.2. The number of amides is 1. The first-order valence-corrected chi connectivity index (χ1v) is 10.4. The van der Waals surface area contributed by atoms with Crippen molar-refractivity contribution in [1.82, 2.24) is 14.9 Å². The van der Waals surface area contributed by atoms with Crippen LogP contribution in [-0.4, -0.2) is 39.9 Å². The van der Waals surface area contributed by atoms with Gasteiger partial charge in [-0.25, -0.2) is 22.5 Å². The van der Waals surface area contributed by atoms with E-state index in [2.05, 4.69) is 15.3 Å². The van der Waals surface area contributed by atoms with Gasteiger partial charge in [0.1, 0.15) is 11.6 Å². The molecule has 1 atom stereocenters. The Bertz CT molecular complexity index is 1370. The molecule has 0 bridgehead atoms. The quantitative estimate of drug-likeness (QED) is 0.434. The summed E-state index contributed by atoms with van der Waals surface area (Å²) in [4.78, 5) is 23.1. The molecular weight excluding hydrogens is 440 g/mol. The number of nitrogens with one attached hydrogen (secondary N) is 1. The minimum Gasteiger partial charge on any atom is -0.448 e. The van der Waals surface area contributed by atoms with E-state index in [9.17, 15) is 22.4 Å².